The second-order valence-corrected chi connectivity index (χ2v) is 2.35. The normalized spacial score (nSPS) is 9.92. The number of hydrogen-bond acceptors (Lipinski definition) is 4. The lowest BCUT2D eigenvalue weighted by Crippen LogP contribution is -2.33. The molecule has 6 heteroatoms. The zero-order valence-corrected chi connectivity index (χ0v) is 7.71. The first-order chi connectivity index (χ1) is 6.27. The lowest BCUT2D eigenvalue weighted by molar-refractivity contribution is 0.0528. The van der Waals surface area contributed by atoms with Gasteiger partial charge in [-0.2, -0.15) is 0 Å². The summed E-state index contributed by atoms with van der Waals surface area (Å²) in [6.45, 7) is 3.26. The highest BCUT2D eigenvalue weighted by atomic mass is 16.5. The highest BCUT2D eigenvalue weighted by Crippen LogP contribution is 1.76. The molecule has 0 amide bonds. The highest BCUT2D eigenvalue weighted by Gasteiger charge is 1.89. The van der Waals surface area contributed by atoms with Gasteiger partial charge >= 0.3 is 0 Å². The fraction of sp³-hybridized carbons (Fsp3) is 0.857. The molecular formula is C7H18N4O2. The van der Waals surface area contributed by atoms with Crippen molar-refractivity contribution in [3.8, 4) is 0 Å². The van der Waals surface area contributed by atoms with Crippen molar-refractivity contribution < 1.29 is 9.47 Å². The van der Waals surface area contributed by atoms with Crippen molar-refractivity contribution in [2.75, 3.05) is 39.5 Å². The third-order valence-corrected chi connectivity index (χ3v) is 1.20. The minimum atomic E-state index is -0.0389. The molecule has 0 aliphatic carbocycles. The summed E-state index contributed by atoms with van der Waals surface area (Å²) in [6.07, 6.45) is 0. The molecule has 0 saturated heterocycles. The second-order valence-electron chi connectivity index (χ2n) is 2.35. The summed E-state index contributed by atoms with van der Waals surface area (Å²) in [6, 6.07) is 0. The summed E-state index contributed by atoms with van der Waals surface area (Å²) in [5, 5.41) is 9.46. The summed E-state index contributed by atoms with van der Waals surface area (Å²) in [5.74, 6) is -0.0389. The Morgan fingerprint density at radius 2 is 1.77 bits per heavy atom. The van der Waals surface area contributed by atoms with E-state index in [0.29, 0.717) is 39.5 Å². The minimum Gasteiger partial charge on any atom is -0.378 e. The van der Waals surface area contributed by atoms with Crippen molar-refractivity contribution in [2.45, 2.75) is 0 Å². The zero-order chi connectivity index (χ0) is 9.94. The Hall–Kier alpha value is -0.850. The van der Waals surface area contributed by atoms with E-state index in [-0.39, 0.29) is 5.96 Å². The summed E-state index contributed by atoms with van der Waals surface area (Å²) < 4.78 is 10.2. The van der Waals surface area contributed by atoms with Crippen molar-refractivity contribution in [1.82, 2.24) is 5.32 Å². The molecule has 0 rings (SSSR count). The Morgan fingerprint density at radius 3 is 2.31 bits per heavy atom. The third kappa shape index (κ3) is 11.1. The molecule has 6 nitrogen and oxygen atoms in total. The van der Waals surface area contributed by atoms with Gasteiger partial charge in [-0.3, -0.25) is 5.41 Å². The van der Waals surface area contributed by atoms with Crippen LogP contribution in [0.25, 0.3) is 0 Å². The molecule has 0 spiro atoms. The van der Waals surface area contributed by atoms with Crippen LogP contribution in [0.3, 0.4) is 0 Å². The van der Waals surface area contributed by atoms with Crippen LogP contribution in [0.5, 0.6) is 0 Å². The molecule has 0 fully saturated rings. The first-order valence-corrected chi connectivity index (χ1v) is 4.21. The van der Waals surface area contributed by atoms with Crippen LogP contribution in [-0.2, 0) is 9.47 Å². The van der Waals surface area contributed by atoms with Crippen molar-refractivity contribution in [2.24, 2.45) is 11.5 Å². The maximum Gasteiger partial charge on any atom is 0.185 e. The van der Waals surface area contributed by atoms with Gasteiger partial charge in [0.25, 0.3) is 0 Å². The van der Waals surface area contributed by atoms with E-state index < -0.39 is 0 Å². The van der Waals surface area contributed by atoms with Gasteiger partial charge in [-0.25, -0.2) is 0 Å². The van der Waals surface area contributed by atoms with Gasteiger partial charge in [0, 0.05) is 13.1 Å². The number of rotatable bonds is 8. The predicted molar refractivity (Wildman–Crippen MR) is 50.6 cm³/mol. The van der Waals surface area contributed by atoms with E-state index in [9.17, 15) is 0 Å². The van der Waals surface area contributed by atoms with Crippen LogP contribution < -0.4 is 16.8 Å². The lowest BCUT2D eigenvalue weighted by atomic mass is 10.6. The zero-order valence-electron chi connectivity index (χ0n) is 7.71. The molecule has 0 atom stereocenters. The van der Waals surface area contributed by atoms with Crippen molar-refractivity contribution in [3.63, 3.8) is 0 Å². The standard InChI is InChI=1S/C7H18N4O2/c8-1-3-12-5-6-13-4-2-11-7(9)10/h1-6,8H2,(H4,9,10,11). The smallest absolute Gasteiger partial charge is 0.185 e. The van der Waals surface area contributed by atoms with E-state index >= 15 is 0 Å². The van der Waals surface area contributed by atoms with Gasteiger partial charge in [0.05, 0.1) is 26.4 Å². The van der Waals surface area contributed by atoms with Gasteiger partial charge in [0.1, 0.15) is 0 Å². The molecule has 78 valence electrons. The van der Waals surface area contributed by atoms with Gasteiger partial charge in [-0.1, -0.05) is 0 Å². The number of guanidine groups is 1. The second kappa shape index (κ2) is 9.24. The number of hydrogen-bond donors (Lipinski definition) is 4. The maximum absolute atomic E-state index is 6.84. The van der Waals surface area contributed by atoms with E-state index in [4.69, 9.17) is 26.4 Å². The quantitative estimate of drug-likeness (QED) is 0.211. The van der Waals surface area contributed by atoms with Gasteiger partial charge in [-0.05, 0) is 0 Å². The summed E-state index contributed by atoms with van der Waals surface area (Å²) in [5.41, 5.74) is 10.3. The fourth-order valence-corrected chi connectivity index (χ4v) is 0.663. The lowest BCUT2D eigenvalue weighted by Gasteiger charge is -2.05. The Bertz CT molecular complexity index is 132. The highest BCUT2D eigenvalue weighted by molar-refractivity contribution is 5.74. The number of nitrogens with one attached hydrogen (secondary N) is 2. The molecule has 0 heterocycles. The molecule has 0 aromatic carbocycles. The molecule has 0 aromatic rings. The number of nitrogens with two attached hydrogens (primary N) is 2. The summed E-state index contributed by atoms with van der Waals surface area (Å²) >= 11 is 0. The molecule has 13 heavy (non-hydrogen) atoms. The average Bonchev–Trinajstić information content (AvgIpc) is 2.09. The largest absolute Gasteiger partial charge is 0.378 e. The van der Waals surface area contributed by atoms with Crippen molar-refractivity contribution >= 4 is 5.96 Å². The van der Waals surface area contributed by atoms with Crippen LogP contribution >= 0.6 is 0 Å². The van der Waals surface area contributed by atoms with Crippen molar-refractivity contribution in [3.05, 3.63) is 0 Å². The van der Waals surface area contributed by atoms with Gasteiger partial charge in [0.2, 0.25) is 0 Å². The molecule has 0 unspecified atom stereocenters. The fourth-order valence-electron chi connectivity index (χ4n) is 0.663. The van der Waals surface area contributed by atoms with E-state index in [1.165, 1.54) is 0 Å². The molecule has 0 bridgehead atoms. The molecule has 6 N–H and O–H groups in total. The van der Waals surface area contributed by atoms with Crippen LogP contribution in [0.2, 0.25) is 0 Å². The first kappa shape index (κ1) is 12.2. The predicted octanol–water partition coefficient (Wildman–Crippen LogP) is -1.54. The topological polar surface area (TPSA) is 106 Å². The Labute approximate surface area is 78.1 Å². The van der Waals surface area contributed by atoms with Crippen LogP contribution in [0.4, 0.5) is 0 Å². The SMILES string of the molecule is N=C(N)NCCOCCOCCN. The molecular weight excluding hydrogens is 172 g/mol. The molecule has 0 aliphatic rings. The molecule has 0 radical (unpaired) electrons. The number of ether oxygens (including phenoxy) is 2. The van der Waals surface area contributed by atoms with Crippen molar-refractivity contribution in [1.29, 1.82) is 5.41 Å². The van der Waals surface area contributed by atoms with Crippen LogP contribution in [0.1, 0.15) is 0 Å². The van der Waals surface area contributed by atoms with E-state index in [0.717, 1.165) is 0 Å². The van der Waals surface area contributed by atoms with Crippen LogP contribution in [-0.4, -0.2) is 45.5 Å². The molecule has 0 aliphatic heterocycles. The van der Waals surface area contributed by atoms with E-state index in [1.807, 2.05) is 0 Å². The minimum absolute atomic E-state index is 0.0389. The Kier molecular flexibility index (Phi) is 8.64. The van der Waals surface area contributed by atoms with Crippen LogP contribution in [0, 0.1) is 5.41 Å². The summed E-state index contributed by atoms with van der Waals surface area (Å²) in [7, 11) is 0. The van der Waals surface area contributed by atoms with Gasteiger partial charge in [-0.15, -0.1) is 0 Å². The average molecular weight is 190 g/mol. The summed E-state index contributed by atoms with van der Waals surface area (Å²) in [4.78, 5) is 0. The molecule has 0 aromatic heterocycles. The van der Waals surface area contributed by atoms with E-state index in [1.54, 1.807) is 0 Å². The first-order valence-electron chi connectivity index (χ1n) is 4.21. The Balaban J connectivity index is 2.87. The molecule has 0 saturated carbocycles. The van der Waals surface area contributed by atoms with Gasteiger partial charge < -0.3 is 26.3 Å². The third-order valence-electron chi connectivity index (χ3n) is 1.20. The monoisotopic (exact) mass is 190 g/mol. The maximum atomic E-state index is 6.84. The van der Waals surface area contributed by atoms with E-state index in [2.05, 4.69) is 5.32 Å². The van der Waals surface area contributed by atoms with Gasteiger partial charge in [0.15, 0.2) is 5.96 Å². The Morgan fingerprint density at radius 1 is 1.15 bits per heavy atom. The van der Waals surface area contributed by atoms with Crippen LogP contribution in [0.15, 0.2) is 0 Å².